The van der Waals surface area contributed by atoms with E-state index in [0.717, 1.165) is 0 Å². The maximum Gasteiger partial charge on any atom is 0.338 e. The number of benzene rings is 2. The van der Waals surface area contributed by atoms with Gasteiger partial charge in [0.1, 0.15) is 22.8 Å². The van der Waals surface area contributed by atoms with E-state index in [1.165, 1.54) is 24.3 Å². The number of carbonyl (C=O) groups excluding carboxylic acids is 2. The van der Waals surface area contributed by atoms with Gasteiger partial charge in [0.15, 0.2) is 0 Å². The van der Waals surface area contributed by atoms with Crippen molar-refractivity contribution in [3.8, 4) is 11.3 Å². The molecular formula is C20H17FN2O4. The van der Waals surface area contributed by atoms with Gasteiger partial charge >= 0.3 is 5.97 Å². The normalized spacial score (nSPS) is 10.5. The van der Waals surface area contributed by atoms with Crippen molar-refractivity contribution in [3.05, 3.63) is 71.2 Å². The summed E-state index contributed by atoms with van der Waals surface area (Å²) in [5.41, 5.74) is 2.04. The Bertz CT molecular complexity index is 963. The highest BCUT2D eigenvalue weighted by Crippen LogP contribution is 2.26. The molecule has 0 aliphatic rings. The molecule has 0 atom stereocenters. The van der Waals surface area contributed by atoms with Crippen molar-refractivity contribution in [1.82, 2.24) is 5.16 Å². The van der Waals surface area contributed by atoms with Crippen molar-refractivity contribution < 1.29 is 23.2 Å². The number of anilines is 1. The zero-order chi connectivity index (χ0) is 19.4. The van der Waals surface area contributed by atoms with E-state index in [1.54, 1.807) is 38.1 Å². The first-order valence-corrected chi connectivity index (χ1v) is 8.30. The van der Waals surface area contributed by atoms with Crippen LogP contribution in [0.1, 0.15) is 33.4 Å². The molecule has 0 fully saturated rings. The minimum absolute atomic E-state index is 0.260. The predicted molar refractivity (Wildman–Crippen MR) is 97.0 cm³/mol. The second kappa shape index (κ2) is 7.82. The van der Waals surface area contributed by atoms with Gasteiger partial charge in [0.25, 0.3) is 5.91 Å². The Balaban J connectivity index is 1.82. The summed E-state index contributed by atoms with van der Waals surface area (Å²) < 4.78 is 23.2. The molecule has 1 heterocycles. The molecule has 3 rings (SSSR count). The van der Waals surface area contributed by atoms with Gasteiger partial charge in [0, 0.05) is 11.3 Å². The topological polar surface area (TPSA) is 81.4 Å². The van der Waals surface area contributed by atoms with Crippen LogP contribution in [0.15, 0.2) is 53.1 Å². The number of rotatable bonds is 5. The lowest BCUT2D eigenvalue weighted by molar-refractivity contribution is 0.0526. The molecular weight excluding hydrogens is 351 g/mol. The highest BCUT2D eigenvalue weighted by Gasteiger charge is 2.22. The van der Waals surface area contributed by atoms with Gasteiger partial charge in [-0.05, 0) is 62.4 Å². The molecule has 0 aliphatic heterocycles. The number of nitrogens with zero attached hydrogens (tertiary/aromatic N) is 1. The van der Waals surface area contributed by atoms with E-state index in [9.17, 15) is 14.0 Å². The maximum absolute atomic E-state index is 13.1. The second-order valence-corrected chi connectivity index (χ2v) is 5.72. The van der Waals surface area contributed by atoms with E-state index in [4.69, 9.17) is 9.26 Å². The lowest BCUT2D eigenvalue weighted by atomic mass is 10.1. The second-order valence-electron chi connectivity index (χ2n) is 5.72. The largest absolute Gasteiger partial charge is 0.462 e. The molecule has 27 heavy (non-hydrogen) atoms. The predicted octanol–water partition coefficient (Wildman–Crippen LogP) is 4.22. The monoisotopic (exact) mass is 368 g/mol. The molecule has 0 bridgehead atoms. The molecule has 138 valence electrons. The summed E-state index contributed by atoms with van der Waals surface area (Å²) in [6.07, 6.45) is 0. The van der Waals surface area contributed by atoms with Crippen molar-refractivity contribution in [2.75, 3.05) is 11.9 Å². The van der Waals surface area contributed by atoms with Crippen LogP contribution >= 0.6 is 0 Å². The van der Waals surface area contributed by atoms with Crippen LogP contribution in [0, 0.1) is 12.7 Å². The molecule has 1 N–H and O–H groups in total. The first kappa shape index (κ1) is 18.3. The average Bonchev–Trinajstić information content (AvgIpc) is 3.05. The van der Waals surface area contributed by atoms with E-state index in [2.05, 4.69) is 10.5 Å². The Morgan fingerprint density at radius 1 is 1.11 bits per heavy atom. The number of halogens is 1. The van der Waals surface area contributed by atoms with E-state index < -0.39 is 11.9 Å². The van der Waals surface area contributed by atoms with Gasteiger partial charge in [-0.25, -0.2) is 9.18 Å². The number of aromatic nitrogens is 1. The third kappa shape index (κ3) is 4.03. The van der Waals surface area contributed by atoms with Gasteiger partial charge < -0.3 is 14.6 Å². The van der Waals surface area contributed by atoms with Gasteiger partial charge in [0.05, 0.1) is 12.2 Å². The summed E-state index contributed by atoms with van der Waals surface area (Å²) in [6, 6.07) is 12.0. The summed E-state index contributed by atoms with van der Waals surface area (Å²) >= 11 is 0. The number of aryl methyl sites for hydroxylation is 1. The molecule has 0 radical (unpaired) electrons. The molecule has 1 aromatic heterocycles. The highest BCUT2D eigenvalue weighted by atomic mass is 19.1. The van der Waals surface area contributed by atoms with Crippen molar-refractivity contribution in [2.24, 2.45) is 0 Å². The lowest BCUT2D eigenvalue weighted by Crippen LogP contribution is -2.13. The molecule has 0 spiro atoms. The smallest absolute Gasteiger partial charge is 0.338 e. The van der Waals surface area contributed by atoms with Crippen LogP contribution in [0.25, 0.3) is 11.3 Å². The number of ether oxygens (including phenoxy) is 1. The van der Waals surface area contributed by atoms with Gasteiger partial charge in [-0.3, -0.25) is 4.79 Å². The maximum atomic E-state index is 13.1. The summed E-state index contributed by atoms with van der Waals surface area (Å²) in [5.74, 6) is -0.887. The standard InChI is InChI=1S/C20H17FN2O4/c1-3-26-20(25)14-6-10-16(11-7-14)22-19(24)17-12(2)27-23-18(17)13-4-8-15(21)9-5-13/h4-11H,3H2,1-2H3,(H,22,24). The number of hydrogen-bond acceptors (Lipinski definition) is 5. The minimum atomic E-state index is -0.427. The molecule has 0 aliphatic carbocycles. The quantitative estimate of drug-likeness (QED) is 0.682. The Morgan fingerprint density at radius 2 is 1.78 bits per heavy atom. The van der Waals surface area contributed by atoms with Crippen molar-refractivity contribution in [3.63, 3.8) is 0 Å². The van der Waals surface area contributed by atoms with Crippen molar-refractivity contribution in [1.29, 1.82) is 0 Å². The first-order chi connectivity index (χ1) is 13.0. The van der Waals surface area contributed by atoms with Crippen LogP contribution in [-0.2, 0) is 4.74 Å². The zero-order valence-corrected chi connectivity index (χ0v) is 14.8. The highest BCUT2D eigenvalue weighted by molar-refractivity contribution is 6.08. The van der Waals surface area contributed by atoms with Crippen LogP contribution in [0.4, 0.5) is 10.1 Å². The molecule has 7 heteroatoms. The molecule has 0 unspecified atom stereocenters. The number of carbonyl (C=O) groups is 2. The summed E-state index contributed by atoms with van der Waals surface area (Å²) in [4.78, 5) is 24.4. The van der Waals surface area contributed by atoms with Gasteiger partial charge in [-0.2, -0.15) is 0 Å². The van der Waals surface area contributed by atoms with Crippen LogP contribution < -0.4 is 5.32 Å². The van der Waals surface area contributed by atoms with E-state index in [1.807, 2.05) is 0 Å². The summed E-state index contributed by atoms with van der Waals surface area (Å²) in [6.45, 7) is 3.64. The number of esters is 1. The fourth-order valence-corrected chi connectivity index (χ4v) is 2.54. The van der Waals surface area contributed by atoms with Gasteiger partial charge in [-0.1, -0.05) is 5.16 Å². The van der Waals surface area contributed by atoms with Gasteiger partial charge in [0.2, 0.25) is 0 Å². The fourth-order valence-electron chi connectivity index (χ4n) is 2.54. The molecule has 3 aromatic rings. The molecule has 2 aromatic carbocycles. The van der Waals surface area contributed by atoms with Crippen molar-refractivity contribution >= 4 is 17.6 Å². The average molecular weight is 368 g/mol. The Labute approximate surface area is 154 Å². The van der Waals surface area contributed by atoms with E-state index in [-0.39, 0.29) is 18.0 Å². The Kier molecular flexibility index (Phi) is 5.30. The van der Waals surface area contributed by atoms with E-state index >= 15 is 0 Å². The van der Waals surface area contributed by atoms with Crippen LogP contribution in [-0.4, -0.2) is 23.6 Å². The van der Waals surface area contributed by atoms with Crippen LogP contribution in [0.2, 0.25) is 0 Å². The fraction of sp³-hybridized carbons (Fsp3) is 0.150. The third-order valence-electron chi connectivity index (χ3n) is 3.86. The van der Waals surface area contributed by atoms with Crippen LogP contribution in [0.3, 0.4) is 0 Å². The summed E-state index contributed by atoms with van der Waals surface area (Å²) in [7, 11) is 0. The Morgan fingerprint density at radius 3 is 2.41 bits per heavy atom. The van der Waals surface area contributed by atoms with Crippen LogP contribution in [0.5, 0.6) is 0 Å². The zero-order valence-electron chi connectivity index (χ0n) is 14.8. The van der Waals surface area contributed by atoms with Crippen molar-refractivity contribution in [2.45, 2.75) is 13.8 Å². The minimum Gasteiger partial charge on any atom is -0.462 e. The number of hydrogen-bond donors (Lipinski definition) is 1. The van der Waals surface area contributed by atoms with E-state index in [0.29, 0.717) is 28.3 Å². The lowest BCUT2D eigenvalue weighted by Gasteiger charge is -2.07. The number of nitrogens with one attached hydrogen (secondary N) is 1. The molecule has 0 saturated heterocycles. The first-order valence-electron chi connectivity index (χ1n) is 8.30. The molecule has 1 amide bonds. The third-order valence-corrected chi connectivity index (χ3v) is 3.86. The Hall–Kier alpha value is -3.48. The SMILES string of the molecule is CCOC(=O)c1ccc(NC(=O)c2c(-c3ccc(F)cc3)noc2C)cc1. The van der Waals surface area contributed by atoms with Gasteiger partial charge in [-0.15, -0.1) is 0 Å². The molecule has 6 nitrogen and oxygen atoms in total. The molecule has 0 saturated carbocycles. The summed E-state index contributed by atoms with van der Waals surface area (Å²) in [5, 5.41) is 6.66. The number of amides is 1.